The van der Waals surface area contributed by atoms with E-state index in [4.69, 9.17) is 4.74 Å². The number of likely N-dealkylation sites (tertiary alicyclic amines) is 1. The third-order valence-corrected chi connectivity index (χ3v) is 6.26. The van der Waals surface area contributed by atoms with Crippen molar-refractivity contribution in [2.75, 3.05) is 27.2 Å². The molecule has 0 radical (unpaired) electrons. The molecule has 2 amide bonds. The second-order valence-corrected chi connectivity index (χ2v) is 10.7. The summed E-state index contributed by atoms with van der Waals surface area (Å²) in [5.41, 5.74) is 0.00247. The van der Waals surface area contributed by atoms with Gasteiger partial charge >= 0.3 is 5.97 Å². The number of piperidine rings is 1. The fraction of sp³-hybridized carbons (Fsp3) is 0.800. The van der Waals surface area contributed by atoms with E-state index in [1.807, 2.05) is 41.7 Å². The van der Waals surface area contributed by atoms with Crippen molar-refractivity contribution in [2.45, 2.75) is 86.4 Å². The molecule has 7 nitrogen and oxygen atoms in total. The fourth-order valence-electron chi connectivity index (χ4n) is 4.26. The molecule has 1 rings (SSSR count). The second-order valence-electron chi connectivity index (χ2n) is 10.7. The largest absolute Gasteiger partial charge is 0.463 e. The molecule has 0 aromatic carbocycles. The summed E-state index contributed by atoms with van der Waals surface area (Å²) in [7, 11) is 3.71. The number of likely N-dealkylation sites (N-methyl/N-ethyl adjacent to an activating group) is 2. The predicted molar refractivity (Wildman–Crippen MR) is 128 cm³/mol. The molecule has 0 aromatic heterocycles. The quantitative estimate of drug-likeness (QED) is 0.453. The van der Waals surface area contributed by atoms with Crippen LogP contribution in [0.15, 0.2) is 11.6 Å². The highest BCUT2D eigenvalue weighted by molar-refractivity contribution is 5.91. The number of nitrogens with zero attached hydrogens (tertiary/aromatic N) is 2. The smallest absolute Gasteiger partial charge is 0.333 e. The van der Waals surface area contributed by atoms with Crippen LogP contribution in [0.5, 0.6) is 0 Å². The first-order valence-electron chi connectivity index (χ1n) is 11.8. The number of hydrogen-bond acceptors (Lipinski definition) is 5. The third-order valence-electron chi connectivity index (χ3n) is 6.26. The summed E-state index contributed by atoms with van der Waals surface area (Å²) >= 11 is 0. The summed E-state index contributed by atoms with van der Waals surface area (Å²) < 4.78 is 5.09. The maximum atomic E-state index is 13.6. The number of esters is 1. The van der Waals surface area contributed by atoms with Gasteiger partial charge in [0.15, 0.2) is 0 Å². The summed E-state index contributed by atoms with van der Waals surface area (Å²) in [4.78, 5) is 42.6. The van der Waals surface area contributed by atoms with Crippen LogP contribution in [0.1, 0.15) is 68.2 Å². The topological polar surface area (TPSA) is 79.0 Å². The predicted octanol–water partition coefficient (Wildman–Crippen LogP) is 3.24. The van der Waals surface area contributed by atoms with Gasteiger partial charge in [-0.05, 0) is 51.0 Å². The highest BCUT2D eigenvalue weighted by Crippen LogP contribution is 2.25. The van der Waals surface area contributed by atoms with Crippen LogP contribution in [-0.2, 0) is 19.1 Å². The van der Waals surface area contributed by atoms with Gasteiger partial charge in [0.1, 0.15) is 6.04 Å². The zero-order valence-electron chi connectivity index (χ0n) is 21.8. The van der Waals surface area contributed by atoms with E-state index in [2.05, 4.69) is 17.1 Å². The standard InChI is InChI=1S/C25H45N3O4/c1-11-32-24(31)18(5)14-20(16(2)3)28(10)23(30)21(25(6,7)8)26-22(29)19-13-12-17(4)15-27(19)9/h14,16-17,19-21H,11-13,15H2,1-10H3,(H,26,29)/t17-,19+,20-,21-/m1/s1. The number of nitrogens with one attached hydrogen (secondary N) is 1. The fourth-order valence-corrected chi connectivity index (χ4v) is 4.26. The maximum absolute atomic E-state index is 13.6. The highest BCUT2D eigenvalue weighted by Gasteiger charge is 2.39. The first-order chi connectivity index (χ1) is 14.7. The van der Waals surface area contributed by atoms with E-state index in [1.165, 1.54) is 0 Å². The SMILES string of the molecule is CCOC(=O)C(C)=C[C@H](C(C)C)N(C)C(=O)[C@@H](NC(=O)[C@@H]1CC[C@@H](C)CN1C)C(C)(C)C. The molecule has 1 fully saturated rings. The van der Waals surface area contributed by atoms with Crippen LogP contribution in [0.2, 0.25) is 0 Å². The van der Waals surface area contributed by atoms with Gasteiger partial charge < -0.3 is 15.0 Å². The molecular weight excluding hydrogens is 406 g/mol. The molecule has 184 valence electrons. The Bertz CT molecular complexity index is 696. The van der Waals surface area contributed by atoms with Gasteiger partial charge in [-0.2, -0.15) is 0 Å². The minimum Gasteiger partial charge on any atom is -0.463 e. The van der Waals surface area contributed by atoms with E-state index in [-0.39, 0.29) is 35.8 Å². The molecule has 0 spiro atoms. The Hall–Kier alpha value is -1.89. The number of carbonyl (C=O) groups excluding carboxylic acids is 3. The summed E-state index contributed by atoms with van der Waals surface area (Å²) in [6.07, 6.45) is 3.59. The van der Waals surface area contributed by atoms with Crippen LogP contribution < -0.4 is 5.32 Å². The molecule has 1 heterocycles. The van der Waals surface area contributed by atoms with Crippen LogP contribution in [0.3, 0.4) is 0 Å². The Morgan fingerprint density at radius 1 is 1.22 bits per heavy atom. The van der Waals surface area contributed by atoms with E-state index in [1.54, 1.807) is 31.9 Å². The van der Waals surface area contributed by atoms with Crippen LogP contribution in [-0.4, -0.2) is 73.0 Å². The minimum absolute atomic E-state index is 0.0793. The summed E-state index contributed by atoms with van der Waals surface area (Å²) in [6, 6.07) is -1.20. The molecule has 0 aromatic rings. The molecule has 1 aliphatic rings. The Morgan fingerprint density at radius 2 is 1.81 bits per heavy atom. The lowest BCUT2D eigenvalue weighted by molar-refractivity contribution is -0.142. The molecule has 4 atom stereocenters. The van der Waals surface area contributed by atoms with Gasteiger partial charge in [0.05, 0.1) is 18.7 Å². The van der Waals surface area contributed by atoms with Crippen LogP contribution in [0.25, 0.3) is 0 Å². The van der Waals surface area contributed by atoms with Gasteiger partial charge in [-0.25, -0.2) is 4.79 Å². The number of amides is 2. The summed E-state index contributed by atoms with van der Waals surface area (Å²) in [5.74, 6) is 0.00556. The lowest BCUT2D eigenvalue weighted by Gasteiger charge is -2.40. The third kappa shape index (κ3) is 7.61. The zero-order valence-corrected chi connectivity index (χ0v) is 21.8. The van der Waals surface area contributed by atoms with Crippen molar-refractivity contribution < 1.29 is 19.1 Å². The molecule has 1 aliphatic heterocycles. The first-order valence-corrected chi connectivity index (χ1v) is 11.8. The van der Waals surface area contributed by atoms with Gasteiger partial charge in [0.25, 0.3) is 0 Å². The first kappa shape index (κ1) is 28.1. The van der Waals surface area contributed by atoms with E-state index in [0.717, 1.165) is 19.4 Å². The average Bonchev–Trinajstić information content (AvgIpc) is 2.67. The molecule has 1 N–H and O–H groups in total. The van der Waals surface area contributed by atoms with Crippen molar-refractivity contribution in [3.8, 4) is 0 Å². The molecule has 1 saturated heterocycles. The van der Waals surface area contributed by atoms with Crippen LogP contribution >= 0.6 is 0 Å². The summed E-state index contributed by atoms with van der Waals surface area (Å²) in [6.45, 7) is 16.7. The van der Waals surface area contributed by atoms with E-state index in [0.29, 0.717) is 18.1 Å². The van der Waals surface area contributed by atoms with Crippen molar-refractivity contribution in [3.63, 3.8) is 0 Å². The molecular formula is C25H45N3O4. The van der Waals surface area contributed by atoms with E-state index < -0.39 is 11.5 Å². The van der Waals surface area contributed by atoms with Crippen molar-refractivity contribution in [2.24, 2.45) is 17.3 Å². The molecule has 0 aliphatic carbocycles. The lowest BCUT2D eigenvalue weighted by atomic mass is 9.84. The van der Waals surface area contributed by atoms with Gasteiger partial charge in [-0.1, -0.05) is 47.6 Å². The van der Waals surface area contributed by atoms with Gasteiger partial charge in [0, 0.05) is 19.2 Å². The Kier molecular flexibility index (Phi) is 10.4. The van der Waals surface area contributed by atoms with Crippen LogP contribution in [0.4, 0.5) is 0 Å². The minimum atomic E-state index is -0.676. The average molecular weight is 452 g/mol. The molecule has 0 unspecified atom stereocenters. The zero-order chi connectivity index (χ0) is 24.8. The Labute approximate surface area is 194 Å². The van der Waals surface area contributed by atoms with Gasteiger partial charge in [-0.3, -0.25) is 14.5 Å². The molecule has 0 bridgehead atoms. The number of hydrogen-bond donors (Lipinski definition) is 1. The summed E-state index contributed by atoms with van der Waals surface area (Å²) in [5, 5.41) is 3.06. The van der Waals surface area contributed by atoms with Crippen molar-refractivity contribution >= 4 is 17.8 Å². The monoisotopic (exact) mass is 451 g/mol. The van der Waals surface area contributed by atoms with Crippen molar-refractivity contribution in [3.05, 3.63) is 11.6 Å². The lowest BCUT2D eigenvalue weighted by Crippen LogP contribution is -2.60. The van der Waals surface area contributed by atoms with Gasteiger partial charge in [-0.15, -0.1) is 0 Å². The molecule has 7 heteroatoms. The van der Waals surface area contributed by atoms with E-state index >= 15 is 0 Å². The Balaban J connectivity index is 3.10. The van der Waals surface area contributed by atoms with E-state index in [9.17, 15) is 14.4 Å². The second kappa shape index (κ2) is 11.8. The molecule has 0 saturated carbocycles. The number of ether oxygens (including phenoxy) is 1. The maximum Gasteiger partial charge on any atom is 0.333 e. The van der Waals surface area contributed by atoms with Crippen molar-refractivity contribution in [1.29, 1.82) is 0 Å². The highest BCUT2D eigenvalue weighted by atomic mass is 16.5. The number of carbonyl (C=O) groups is 3. The van der Waals surface area contributed by atoms with Crippen molar-refractivity contribution in [1.82, 2.24) is 15.1 Å². The van der Waals surface area contributed by atoms with Gasteiger partial charge in [0.2, 0.25) is 11.8 Å². The molecule has 32 heavy (non-hydrogen) atoms. The normalized spacial score (nSPS) is 22.3. The number of rotatable bonds is 8. The Morgan fingerprint density at radius 3 is 2.28 bits per heavy atom. The van der Waals surface area contributed by atoms with Crippen LogP contribution in [0, 0.1) is 17.3 Å².